The highest BCUT2D eigenvalue weighted by molar-refractivity contribution is 5.97. The Bertz CT molecular complexity index is 1590. The van der Waals surface area contributed by atoms with Gasteiger partial charge in [0.25, 0.3) is 5.91 Å². The molecule has 0 spiro atoms. The van der Waals surface area contributed by atoms with E-state index in [-0.39, 0.29) is 18.4 Å². The van der Waals surface area contributed by atoms with E-state index < -0.39 is 0 Å². The van der Waals surface area contributed by atoms with Crippen molar-refractivity contribution in [2.75, 3.05) is 19.6 Å². The van der Waals surface area contributed by atoms with Gasteiger partial charge in [0, 0.05) is 42.3 Å². The normalized spacial score (nSPS) is 11.0. The minimum Gasteiger partial charge on any atom is -0.361 e. The summed E-state index contributed by atoms with van der Waals surface area (Å²) < 4.78 is 0. The van der Waals surface area contributed by atoms with Gasteiger partial charge in [0.2, 0.25) is 5.91 Å². The summed E-state index contributed by atoms with van der Waals surface area (Å²) in [6, 6.07) is 34.3. The Morgan fingerprint density at radius 3 is 2.15 bits per heavy atom. The van der Waals surface area contributed by atoms with Crippen molar-refractivity contribution < 1.29 is 9.59 Å². The van der Waals surface area contributed by atoms with Crippen molar-refractivity contribution in [3.05, 3.63) is 132 Å². The molecule has 0 radical (unpaired) electrons. The van der Waals surface area contributed by atoms with E-state index in [9.17, 15) is 9.59 Å². The van der Waals surface area contributed by atoms with Crippen LogP contribution >= 0.6 is 0 Å². The molecule has 0 aliphatic rings. The molecule has 1 N–H and O–H groups in total. The molecule has 5 heteroatoms. The van der Waals surface area contributed by atoms with Crippen molar-refractivity contribution >= 4 is 22.7 Å². The van der Waals surface area contributed by atoms with Crippen molar-refractivity contribution in [1.82, 2.24) is 14.8 Å². The van der Waals surface area contributed by atoms with Crippen molar-refractivity contribution in [3.63, 3.8) is 0 Å². The van der Waals surface area contributed by atoms with Crippen LogP contribution in [0.1, 0.15) is 40.4 Å². The Labute approximate surface area is 242 Å². The number of nitrogens with one attached hydrogen (secondary N) is 1. The van der Waals surface area contributed by atoms with Gasteiger partial charge in [-0.1, -0.05) is 97.4 Å². The number of para-hydroxylation sites is 1. The SMILES string of the molecule is CCCN(CC(=O)N(CCc1c[nH]c2ccccc12)Cc1ccc(C)cc1)C(=O)c1ccc(-c2ccccc2)cc1. The molecule has 41 heavy (non-hydrogen) atoms. The average molecular weight is 544 g/mol. The fourth-order valence-corrected chi connectivity index (χ4v) is 5.20. The lowest BCUT2D eigenvalue weighted by molar-refractivity contribution is -0.132. The van der Waals surface area contributed by atoms with Gasteiger partial charge >= 0.3 is 0 Å². The summed E-state index contributed by atoms with van der Waals surface area (Å²) in [5.41, 5.74) is 7.29. The fourth-order valence-electron chi connectivity index (χ4n) is 5.20. The van der Waals surface area contributed by atoms with Gasteiger partial charge in [-0.25, -0.2) is 0 Å². The molecule has 0 aliphatic heterocycles. The first kappa shape index (κ1) is 27.9. The topological polar surface area (TPSA) is 56.4 Å². The van der Waals surface area contributed by atoms with Gasteiger partial charge in [0.05, 0.1) is 0 Å². The molecule has 0 fully saturated rings. The summed E-state index contributed by atoms with van der Waals surface area (Å²) in [5, 5.41) is 1.18. The highest BCUT2D eigenvalue weighted by atomic mass is 16.2. The van der Waals surface area contributed by atoms with Crippen molar-refractivity contribution in [1.29, 1.82) is 0 Å². The molecule has 5 rings (SSSR count). The van der Waals surface area contributed by atoms with Crippen LogP contribution in [0.3, 0.4) is 0 Å². The zero-order valence-electron chi connectivity index (χ0n) is 23.8. The maximum Gasteiger partial charge on any atom is 0.254 e. The van der Waals surface area contributed by atoms with Crippen LogP contribution in [-0.2, 0) is 17.8 Å². The number of carbonyl (C=O) groups is 2. The van der Waals surface area contributed by atoms with E-state index in [1.54, 1.807) is 4.90 Å². The van der Waals surface area contributed by atoms with Gasteiger partial charge in [-0.15, -0.1) is 0 Å². The predicted octanol–water partition coefficient (Wildman–Crippen LogP) is 7.27. The van der Waals surface area contributed by atoms with E-state index in [1.165, 1.54) is 16.5 Å². The first-order chi connectivity index (χ1) is 20.0. The summed E-state index contributed by atoms with van der Waals surface area (Å²) in [7, 11) is 0. The van der Waals surface area contributed by atoms with Gasteiger partial charge in [-0.05, 0) is 60.2 Å². The van der Waals surface area contributed by atoms with Gasteiger partial charge in [0.1, 0.15) is 6.54 Å². The number of benzene rings is 4. The first-order valence-corrected chi connectivity index (χ1v) is 14.3. The number of H-pyrrole nitrogens is 1. The van der Waals surface area contributed by atoms with E-state index in [0.29, 0.717) is 25.2 Å². The van der Waals surface area contributed by atoms with E-state index in [2.05, 4.69) is 60.4 Å². The van der Waals surface area contributed by atoms with Crippen LogP contribution in [0.4, 0.5) is 0 Å². The molecule has 0 saturated carbocycles. The second kappa shape index (κ2) is 13.1. The number of rotatable bonds is 11. The standard InChI is InChI=1S/C36H37N3O2/c1-3-22-39(36(41)31-19-17-30(18-20-31)29-9-5-4-6-10-29)26-35(40)38(25-28-15-13-27(2)14-16-28)23-21-32-24-37-34-12-8-7-11-33(32)34/h4-20,24,37H,3,21-23,25-26H2,1-2H3. The average Bonchev–Trinajstić information content (AvgIpc) is 3.43. The number of carbonyl (C=O) groups excluding carboxylic acids is 2. The first-order valence-electron chi connectivity index (χ1n) is 14.3. The van der Waals surface area contributed by atoms with Gasteiger partial charge < -0.3 is 14.8 Å². The summed E-state index contributed by atoms with van der Waals surface area (Å²) >= 11 is 0. The molecule has 0 unspecified atom stereocenters. The van der Waals surface area contributed by atoms with Crippen LogP contribution < -0.4 is 0 Å². The Balaban J connectivity index is 1.33. The maximum atomic E-state index is 13.8. The Hall–Kier alpha value is -4.64. The van der Waals surface area contributed by atoms with Crippen molar-refractivity contribution in [2.24, 2.45) is 0 Å². The van der Waals surface area contributed by atoms with Gasteiger partial charge in [-0.2, -0.15) is 0 Å². The highest BCUT2D eigenvalue weighted by Crippen LogP contribution is 2.21. The maximum absolute atomic E-state index is 13.8. The van der Waals surface area contributed by atoms with Crippen LogP contribution in [-0.4, -0.2) is 46.2 Å². The fraction of sp³-hybridized carbons (Fsp3) is 0.222. The summed E-state index contributed by atoms with van der Waals surface area (Å²) in [6.07, 6.45) is 3.53. The molecular weight excluding hydrogens is 506 g/mol. The molecule has 5 aromatic rings. The monoisotopic (exact) mass is 543 g/mol. The molecule has 2 amide bonds. The number of hydrogen-bond donors (Lipinski definition) is 1. The second-order valence-electron chi connectivity index (χ2n) is 10.6. The zero-order valence-corrected chi connectivity index (χ0v) is 23.8. The molecule has 1 heterocycles. The van der Waals surface area contributed by atoms with Crippen LogP contribution in [0, 0.1) is 6.92 Å². The largest absolute Gasteiger partial charge is 0.361 e. The van der Waals surface area contributed by atoms with Crippen molar-refractivity contribution in [2.45, 2.75) is 33.2 Å². The number of nitrogens with zero attached hydrogens (tertiary/aromatic N) is 2. The van der Waals surface area contributed by atoms with E-state index in [4.69, 9.17) is 0 Å². The lowest BCUT2D eigenvalue weighted by Crippen LogP contribution is -2.43. The molecule has 0 aliphatic carbocycles. The third-order valence-electron chi connectivity index (χ3n) is 7.52. The molecule has 208 valence electrons. The minimum absolute atomic E-state index is 0.0480. The van der Waals surface area contributed by atoms with Crippen molar-refractivity contribution in [3.8, 4) is 11.1 Å². The number of fused-ring (bicyclic) bond motifs is 1. The zero-order chi connectivity index (χ0) is 28.6. The molecule has 0 atom stereocenters. The molecule has 0 bridgehead atoms. The smallest absolute Gasteiger partial charge is 0.254 e. The van der Waals surface area contributed by atoms with E-state index in [0.717, 1.165) is 35.0 Å². The molecule has 4 aromatic carbocycles. The molecule has 0 saturated heterocycles. The lowest BCUT2D eigenvalue weighted by Gasteiger charge is -2.28. The molecular formula is C36H37N3O2. The Morgan fingerprint density at radius 2 is 1.41 bits per heavy atom. The van der Waals surface area contributed by atoms with Gasteiger partial charge in [0.15, 0.2) is 0 Å². The van der Waals surface area contributed by atoms with Crippen LogP contribution in [0.15, 0.2) is 109 Å². The van der Waals surface area contributed by atoms with Crippen LogP contribution in [0.5, 0.6) is 0 Å². The number of aryl methyl sites for hydroxylation is 1. The number of aromatic nitrogens is 1. The Kier molecular flexibility index (Phi) is 8.95. The summed E-state index contributed by atoms with van der Waals surface area (Å²) in [6.45, 7) is 5.73. The number of amides is 2. The number of aromatic amines is 1. The summed E-state index contributed by atoms with van der Waals surface area (Å²) in [4.78, 5) is 34.3. The summed E-state index contributed by atoms with van der Waals surface area (Å²) in [5.74, 6) is -0.167. The second-order valence-corrected chi connectivity index (χ2v) is 10.6. The Morgan fingerprint density at radius 1 is 0.732 bits per heavy atom. The lowest BCUT2D eigenvalue weighted by atomic mass is 10.0. The third-order valence-corrected chi connectivity index (χ3v) is 7.52. The van der Waals surface area contributed by atoms with Gasteiger partial charge in [-0.3, -0.25) is 9.59 Å². The van der Waals surface area contributed by atoms with Crippen LogP contribution in [0.25, 0.3) is 22.0 Å². The molecule has 1 aromatic heterocycles. The van der Waals surface area contributed by atoms with Crippen LogP contribution in [0.2, 0.25) is 0 Å². The quantitative estimate of drug-likeness (QED) is 0.191. The number of hydrogen-bond acceptors (Lipinski definition) is 2. The van der Waals surface area contributed by atoms with E-state index in [1.807, 2.05) is 72.6 Å². The predicted molar refractivity (Wildman–Crippen MR) is 167 cm³/mol. The highest BCUT2D eigenvalue weighted by Gasteiger charge is 2.22. The third kappa shape index (κ3) is 6.93. The molecule has 5 nitrogen and oxygen atoms in total. The minimum atomic E-state index is -0.119. The van der Waals surface area contributed by atoms with E-state index >= 15 is 0 Å².